The first kappa shape index (κ1) is 59.5. The third kappa shape index (κ3) is 31.2. The second-order valence-corrected chi connectivity index (χ2v) is 19.4. The molecule has 1 aliphatic carbocycles. The first-order valence-electron chi connectivity index (χ1n) is 23.9. The fourth-order valence-corrected chi connectivity index (χ4v) is 8.79. The number of aliphatic hydroxyl groups excluding tert-OH is 4. The maximum Gasteiger partial charge on any atom is 0.472 e. The van der Waals surface area contributed by atoms with E-state index in [1.807, 2.05) is 0 Å². The zero-order valence-electron chi connectivity index (χ0n) is 38.3. The highest BCUT2D eigenvalue weighted by Gasteiger charge is 2.54. The summed E-state index contributed by atoms with van der Waals surface area (Å²) in [5, 5.41) is 41.2. The molecule has 63 heavy (non-hydrogen) atoms. The van der Waals surface area contributed by atoms with Crippen LogP contribution >= 0.6 is 15.6 Å². The van der Waals surface area contributed by atoms with Crippen LogP contribution in [0.1, 0.15) is 194 Å². The number of hydrogen-bond acceptors (Lipinski definition) is 13. The molecular weight excluding hydrogens is 858 g/mol. The molecule has 0 aromatic carbocycles. The molecule has 0 bridgehead atoms. The van der Waals surface area contributed by atoms with E-state index in [9.17, 15) is 44.0 Å². The van der Waals surface area contributed by atoms with Gasteiger partial charge in [0.05, 0.1) is 6.61 Å². The minimum atomic E-state index is -5.36. The van der Waals surface area contributed by atoms with Crippen molar-refractivity contribution in [2.24, 2.45) is 0 Å². The van der Waals surface area contributed by atoms with Crippen molar-refractivity contribution in [2.45, 2.75) is 236 Å². The lowest BCUT2D eigenvalue weighted by Crippen LogP contribution is -2.64. The van der Waals surface area contributed by atoms with E-state index >= 15 is 0 Å². The van der Waals surface area contributed by atoms with Crippen LogP contribution in [0, 0.1) is 0 Å². The SMILES string of the molecule is CCCCCCCCC=CCCCCCCCC(=O)OCC(COP(=O)(O)OC1C(O)C(O)C(O)C(OP(=O)(O)O)C1O)OC(=O)CCCCCCCC=CCCCCCCCC. The van der Waals surface area contributed by atoms with Crippen LogP contribution < -0.4 is 0 Å². The first-order chi connectivity index (χ1) is 30.1. The van der Waals surface area contributed by atoms with Crippen LogP contribution in [-0.4, -0.2) is 103 Å². The lowest BCUT2D eigenvalue weighted by Gasteiger charge is -2.43. The van der Waals surface area contributed by atoms with Crippen molar-refractivity contribution in [1.29, 1.82) is 0 Å². The van der Waals surface area contributed by atoms with Gasteiger partial charge in [0.2, 0.25) is 0 Å². The number of carbonyl (C=O) groups is 2. The Morgan fingerprint density at radius 1 is 0.492 bits per heavy atom. The Labute approximate surface area is 377 Å². The highest BCUT2D eigenvalue weighted by molar-refractivity contribution is 7.47. The molecule has 18 heteroatoms. The molecular formula is C45H84O16P2. The van der Waals surface area contributed by atoms with Crippen molar-refractivity contribution < 1.29 is 76.9 Å². The molecule has 0 heterocycles. The van der Waals surface area contributed by atoms with E-state index in [1.54, 1.807) is 0 Å². The van der Waals surface area contributed by atoms with Crippen molar-refractivity contribution >= 4 is 27.6 Å². The van der Waals surface area contributed by atoms with Crippen LogP contribution in [0.5, 0.6) is 0 Å². The number of allylic oxidation sites excluding steroid dienone is 4. The zero-order valence-corrected chi connectivity index (χ0v) is 40.1. The standard InChI is InChI=1S/C45H84O16P2/c1-3-5-7-9-11-13-15-17-19-21-23-25-27-29-31-33-38(46)57-35-37(59-39(47)34-32-30-28-26-24-22-20-18-16-14-12-10-8-6-4-2)36-58-63(55,56)61-45-42(50)40(48)41(49)44(43(45)51)60-62(52,53)54/h17-20,37,40-45,48-51H,3-16,21-36H2,1-2H3,(H,55,56)(H2,52,53,54). The summed E-state index contributed by atoms with van der Waals surface area (Å²) in [6.07, 6.45) is 22.8. The second kappa shape index (κ2) is 36.6. The van der Waals surface area contributed by atoms with Gasteiger partial charge < -0.3 is 44.6 Å². The van der Waals surface area contributed by atoms with E-state index in [-0.39, 0.29) is 12.8 Å². The summed E-state index contributed by atoms with van der Waals surface area (Å²) in [5.41, 5.74) is 0. The van der Waals surface area contributed by atoms with Crippen LogP contribution in [-0.2, 0) is 41.8 Å². The Kier molecular flexibility index (Phi) is 34.5. The summed E-state index contributed by atoms with van der Waals surface area (Å²) in [4.78, 5) is 54.2. The molecule has 1 fully saturated rings. The van der Waals surface area contributed by atoms with Gasteiger partial charge in [-0.15, -0.1) is 0 Å². The van der Waals surface area contributed by atoms with Gasteiger partial charge in [-0.1, -0.05) is 141 Å². The summed E-state index contributed by atoms with van der Waals surface area (Å²) < 4.78 is 49.4. The van der Waals surface area contributed by atoms with Crippen molar-refractivity contribution in [3.63, 3.8) is 0 Å². The quantitative estimate of drug-likeness (QED) is 0.0131. The third-order valence-corrected chi connectivity index (χ3v) is 12.5. The molecule has 8 atom stereocenters. The third-order valence-electron chi connectivity index (χ3n) is 11.0. The number of rotatable bonds is 40. The van der Waals surface area contributed by atoms with Gasteiger partial charge in [0.1, 0.15) is 43.2 Å². The molecule has 370 valence electrons. The van der Waals surface area contributed by atoms with E-state index in [4.69, 9.17) is 28.3 Å². The number of hydrogen-bond donors (Lipinski definition) is 7. The molecule has 0 aliphatic heterocycles. The summed E-state index contributed by atoms with van der Waals surface area (Å²) >= 11 is 0. The Morgan fingerprint density at radius 3 is 1.30 bits per heavy atom. The Bertz CT molecular complexity index is 1330. The van der Waals surface area contributed by atoms with Gasteiger partial charge in [-0.25, -0.2) is 9.13 Å². The maximum atomic E-state index is 13.0. The number of carbonyl (C=O) groups excluding carboxylic acids is 2. The van der Waals surface area contributed by atoms with Crippen LogP contribution in [0.3, 0.4) is 0 Å². The molecule has 8 unspecified atom stereocenters. The molecule has 0 aromatic rings. The minimum absolute atomic E-state index is 0.0342. The molecule has 1 saturated carbocycles. The second-order valence-electron chi connectivity index (χ2n) is 16.8. The van der Waals surface area contributed by atoms with Crippen LogP contribution in [0.15, 0.2) is 24.3 Å². The zero-order chi connectivity index (χ0) is 46.8. The smallest absolute Gasteiger partial charge is 0.462 e. The Balaban J connectivity index is 2.60. The minimum Gasteiger partial charge on any atom is -0.462 e. The van der Waals surface area contributed by atoms with Gasteiger partial charge in [0.15, 0.2) is 6.10 Å². The van der Waals surface area contributed by atoms with E-state index in [1.165, 1.54) is 77.0 Å². The highest BCUT2D eigenvalue weighted by Crippen LogP contribution is 2.49. The van der Waals surface area contributed by atoms with Crippen molar-refractivity contribution in [2.75, 3.05) is 13.2 Å². The molecule has 1 rings (SSSR count). The van der Waals surface area contributed by atoms with Crippen molar-refractivity contribution in [1.82, 2.24) is 0 Å². The normalized spacial score (nSPS) is 22.1. The summed E-state index contributed by atoms with van der Waals surface area (Å²) in [6, 6.07) is 0. The molecule has 0 spiro atoms. The summed E-state index contributed by atoms with van der Waals surface area (Å²) in [7, 11) is -10.7. The number of ether oxygens (including phenoxy) is 2. The molecule has 16 nitrogen and oxygen atoms in total. The van der Waals surface area contributed by atoms with Crippen molar-refractivity contribution in [3.8, 4) is 0 Å². The largest absolute Gasteiger partial charge is 0.472 e. The number of esters is 2. The molecule has 0 amide bonds. The van der Waals surface area contributed by atoms with Gasteiger partial charge in [0.25, 0.3) is 0 Å². The van der Waals surface area contributed by atoms with E-state index in [0.29, 0.717) is 12.8 Å². The topological polar surface area (TPSA) is 256 Å². The van der Waals surface area contributed by atoms with E-state index in [0.717, 1.165) is 77.0 Å². The summed E-state index contributed by atoms with van der Waals surface area (Å²) in [5.74, 6) is -1.22. The Morgan fingerprint density at radius 2 is 0.873 bits per heavy atom. The van der Waals surface area contributed by atoms with Gasteiger partial charge in [-0.2, -0.15) is 0 Å². The summed E-state index contributed by atoms with van der Waals surface area (Å²) in [6.45, 7) is 3.09. The molecule has 0 radical (unpaired) electrons. The van der Waals surface area contributed by atoms with Gasteiger partial charge >= 0.3 is 27.6 Å². The lowest BCUT2D eigenvalue weighted by atomic mass is 9.85. The molecule has 0 saturated heterocycles. The number of unbranched alkanes of at least 4 members (excludes halogenated alkanes) is 22. The van der Waals surface area contributed by atoms with Crippen LogP contribution in [0.4, 0.5) is 0 Å². The van der Waals surface area contributed by atoms with Crippen molar-refractivity contribution in [3.05, 3.63) is 24.3 Å². The molecule has 0 aromatic heterocycles. The van der Waals surface area contributed by atoms with Gasteiger partial charge in [-0.05, 0) is 64.2 Å². The molecule has 7 N–H and O–H groups in total. The van der Waals surface area contributed by atoms with E-state index < -0.39 is 83.5 Å². The Hall–Kier alpha value is -1.52. The van der Waals surface area contributed by atoms with E-state index in [2.05, 4.69) is 42.7 Å². The fraction of sp³-hybridized carbons (Fsp3) is 0.867. The van der Waals surface area contributed by atoms with Crippen LogP contribution in [0.2, 0.25) is 0 Å². The number of phosphoric ester groups is 2. The monoisotopic (exact) mass is 943 g/mol. The fourth-order valence-electron chi connectivity index (χ4n) is 7.25. The first-order valence-corrected chi connectivity index (χ1v) is 26.9. The highest BCUT2D eigenvalue weighted by atomic mass is 31.2. The number of phosphoric acid groups is 2. The van der Waals surface area contributed by atoms with Gasteiger partial charge in [0, 0.05) is 12.8 Å². The predicted molar refractivity (Wildman–Crippen MR) is 241 cm³/mol. The van der Waals surface area contributed by atoms with Gasteiger partial charge in [-0.3, -0.25) is 23.2 Å². The average molecular weight is 943 g/mol. The van der Waals surface area contributed by atoms with Crippen LogP contribution in [0.25, 0.3) is 0 Å². The average Bonchev–Trinajstić information content (AvgIpc) is 3.23. The predicted octanol–water partition coefficient (Wildman–Crippen LogP) is 8.95. The number of aliphatic hydroxyl groups is 4. The lowest BCUT2D eigenvalue weighted by molar-refractivity contribution is -0.216. The molecule has 1 aliphatic rings. The maximum absolute atomic E-state index is 13.0.